The van der Waals surface area contributed by atoms with E-state index in [9.17, 15) is 17.6 Å². The fraction of sp³-hybridized carbons (Fsp3) is 0.562. The third-order valence-corrected chi connectivity index (χ3v) is 5.16. The van der Waals surface area contributed by atoms with E-state index in [1.165, 1.54) is 10.4 Å². The van der Waals surface area contributed by atoms with Crippen molar-refractivity contribution in [2.24, 2.45) is 0 Å². The molecule has 0 aromatic heterocycles. The van der Waals surface area contributed by atoms with Gasteiger partial charge in [-0.25, -0.2) is 12.8 Å². The van der Waals surface area contributed by atoms with Gasteiger partial charge in [0.25, 0.3) is 0 Å². The Kier molecular flexibility index (Phi) is 6.70. The number of sulfonamides is 1. The summed E-state index contributed by atoms with van der Waals surface area (Å²) >= 11 is 0. The zero-order chi connectivity index (χ0) is 17.6. The number of nitrogens with one attached hydrogen (secondary N) is 1. The maximum Gasteiger partial charge on any atom is 0.224 e. The van der Waals surface area contributed by atoms with E-state index in [4.69, 9.17) is 4.74 Å². The minimum atomic E-state index is -3.37. The summed E-state index contributed by atoms with van der Waals surface area (Å²) in [5.41, 5.74) is 0.314. The summed E-state index contributed by atoms with van der Waals surface area (Å²) in [5.74, 6) is -0.769. The summed E-state index contributed by atoms with van der Waals surface area (Å²) in [7, 11) is -3.37. The first-order valence-electron chi connectivity index (χ1n) is 7.93. The lowest BCUT2D eigenvalue weighted by molar-refractivity contribution is -0.120. The maximum absolute atomic E-state index is 13.5. The number of nitrogens with zero attached hydrogens (tertiary/aromatic N) is 1. The summed E-state index contributed by atoms with van der Waals surface area (Å²) in [6.45, 7) is 1.29. The lowest BCUT2D eigenvalue weighted by Gasteiger charge is -2.23. The topological polar surface area (TPSA) is 75.7 Å². The Morgan fingerprint density at radius 2 is 2.17 bits per heavy atom. The molecule has 2 rings (SSSR count). The molecule has 0 spiro atoms. The highest BCUT2D eigenvalue weighted by molar-refractivity contribution is 7.88. The lowest BCUT2D eigenvalue weighted by Crippen LogP contribution is -2.42. The van der Waals surface area contributed by atoms with Crippen LogP contribution in [0, 0.1) is 5.82 Å². The van der Waals surface area contributed by atoms with Crippen LogP contribution in [0.1, 0.15) is 18.4 Å². The number of benzene rings is 1. The van der Waals surface area contributed by atoms with Crippen molar-refractivity contribution < 1.29 is 22.3 Å². The summed E-state index contributed by atoms with van der Waals surface area (Å²) in [4.78, 5) is 11.9. The molecule has 1 heterocycles. The van der Waals surface area contributed by atoms with Crippen molar-refractivity contribution in [2.75, 3.05) is 32.5 Å². The second kappa shape index (κ2) is 8.55. The van der Waals surface area contributed by atoms with Crippen LogP contribution in [0.5, 0.6) is 0 Å². The number of carbonyl (C=O) groups excluding carboxylic acids is 1. The van der Waals surface area contributed by atoms with E-state index < -0.39 is 15.8 Å². The van der Waals surface area contributed by atoms with Gasteiger partial charge in [0.05, 0.1) is 18.8 Å². The van der Waals surface area contributed by atoms with E-state index in [1.54, 1.807) is 18.2 Å². The normalized spacial score (nSPS) is 18.0. The average molecular weight is 358 g/mol. The van der Waals surface area contributed by atoms with Crippen molar-refractivity contribution in [1.82, 2.24) is 9.62 Å². The highest BCUT2D eigenvalue weighted by atomic mass is 32.2. The molecule has 134 valence electrons. The molecule has 6 nitrogen and oxygen atoms in total. The molecular weight excluding hydrogens is 335 g/mol. The molecule has 1 aromatic rings. The molecule has 0 radical (unpaired) electrons. The Balaban J connectivity index is 1.81. The van der Waals surface area contributed by atoms with Crippen LogP contribution in [-0.2, 0) is 26.0 Å². The van der Waals surface area contributed by atoms with E-state index in [1.807, 2.05) is 0 Å². The number of carbonyl (C=O) groups is 1. The van der Waals surface area contributed by atoms with Gasteiger partial charge in [0.1, 0.15) is 5.82 Å². The third-order valence-electron chi connectivity index (χ3n) is 3.89. The van der Waals surface area contributed by atoms with Gasteiger partial charge in [-0.15, -0.1) is 0 Å². The molecule has 1 saturated heterocycles. The number of hydrogen-bond donors (Lipinski definition) is 1. The van der Waals surface area contributed by atoms with Gasteiger partial charge in [-0.2, -0.15) is 4.31 Å². The quantitative estimate of drug-likeness (QED) is 0.750. The Morgan fingerprint density at radius 3 is 2.79 bits per heavy atom. The molecule has 1 aliphatic rings. The van der Waals surface area contributed by atoms with Gasteiger partial charge in [-0.05, 0) is 24.5 Å². The van der Waals surface area contributed by atoms with Gasteiger partial charge in [0.15, 0.2) is 0 Å². The molecule has 24 heavy (non-hydrogen) atoms. The van der Waals surface area contributed by atoms with Crippen LogP contribution >= 0.6 is 0 Å². The first kappa shape index (κ1) is 18.8. The number of rotatable bonds is 8. The summed E-state index contributed by atoms with van der Waals surface area (Å²) in [5, 5.41) is 2.63. The van der Waals surface area contributed by atoms with Gasteiger partial charge in [0.2, 0.25) is 15.9 Å². The molecule has 1 amide bonds. The first-order chi connectivity index (χ1) is 11.4. The van der Waals surface area contributed by atoms with Crippen LogP contribution in [0.2, 0.25) is 0 Å². The number of ether oxygens (including phenoxy) is 1. The third kappa shape index (κ3) is 5.85. The standard InChI is InChI=1S/C16H23FN2O4S/c1-24(21,22)19(12-14-6-4-10-23-14)9-8-18-16(20)11-13-5-2-3-7-15(13)17/h2-3,5,7,14H,4,6,8-12H2,1H3,(H,18,20). The van der Waals surface area contributed by atoms with Crippen molar-refractivity contribution in [3.8, 4) is 0 Å². The highest BCUT2D eigenvalue weighted by Crippen LogP contribution is 2.14. The van der Waals surface area contributed by atoms with Crippen molar-refractivity contribution >= 4 is 15.9 Å². The fourth-order valence-electron chi connectivity index (χ4n) is 2.61. The Bertz CT molecular complexity index is 660. The molecule has 1 aliphatic heterocycles. The first-order valence-corrected chi connectivity index (χ1v) is 9.78. The Labute approximate surface area is 142 Å². The molecule has 1 atom stereocenters. The van der Waals surface area contributed by atoms with E-state index in [-0.39, 0.29) is 31.5 Å². The van der Waals surface area contributed by atoms with Crippen LogP contribution in [0.4, 0.5) is 4.39 Å². The second-order valence-corrected chi connectivity index (χ2v) is 7.86. The molecule has 0 saturated carbocycles. The molecule has 0 bridgehead atoms. The smallest absolute Gasteiger partial charge is 0.224 e. The fourth-order valence-corrected chi connectivity index (χ4v) is 3.47. The van der Waals surface area contributed by atoms with Gasteiger partial charge in [-0.3, -0.25) is 4.79 Å². The molecule has 1 N–H and O–H groups in total. The minimum Gasteiger partial charge on any atom is -0.377 e. The molecule has 1 aromatic carbocycles. The van der Waals surface area contributed by atoms with Crippen molar-refractivity contribution in [1.29, 1.82) is 0 Å². The van der Waals surface area contributed by atoms with Crippen molar-refractivity contribution in [2.45, 2.75) is 25.4 Å². The zero-order valence-electron chi connectivity index (χ0n) is 13.7. The number of amides is 1. The number of hydrogen-bond acceptors (Lipinski definition) is 4. The molecule has 1 fully saturated rings. The Morgan fingerprint density at radius 1 is 1.42 bits per heavy atom. The zero-order valence-corrected chi connectivity index (χ0v) is 14.5. The van der Waals surface area contributed by atoms with Gasteiger partial charge < -0.3 is 10.1 Å². The molecular formula is C16H23FN2O4S. The molecule has 1 unspecified atom stereocenters. The summed E-state index contributed by atoms with van der Waals surface area (Å²) < 4.78 is 44.0. The molecule has 8 heteroatoms. The van der Waals surface area contributed by atoms with Crippen molar-refractivity contribution in [3.05, 3.63) is 35.6 Å². The predicted octanol–water partition coefficient (Wildman–Crippen LogP) is 0.925. The van der Waals surface area contributed by atoms with E-state index in [2.05, 4.69) is 5.32 Å². The van der Waals surface area contributed by atoms with E-state index >= 15 is 0 Å². The van der Waals surface area contributed by atoms with Crippen LogP contribution in [0.25, 0.3) is 0 Å². The predicted molar refractivity (Wildman–Crippen MR) is 88.5 cm³/mol. The lowest BCUT2D eigenvalue weighted by atomic mass is 10.1. The summed E-state index contributed by atoms with van der Waals surface area (Å²) in [6, 6.07) is 6.08. The van der Waals surface area contributed by atoms with Gasteiger partial charge >= 0.3 is 0 Å². The highest BCUT2D eigenvalue weighted by Gasteiger charge is 2.24. The van der Waals surface area contributed by atoms with Crippen LogP contribution < -0.4 is 5.32 Å². The minimum absolute atomic E-state index is 0.0721. The van der Waals surface area contributed by atoms with Crippen LogP contribution in [-0.4, -0.2) is 57.2 Å². The summed E-state index contributed by atoms with van der Waals surface area (Å²) in [6.07, 6.45) is 2.75. The largest absolute Gasteiger partial charge is 0.377 e. The SMILES string of the molecule is CS(=O)(=O)N(CCNC(=O)Cc1ccccc1F)CC1CCCO1. The van der Waals surface area contributed by atoms with Crippen LogP contribution in [0.3, 0.4) is 0 Å². The van der Waals surface area contributed by atoms with E-state index in [0.717, 1.165) is 19.1 Å². The van der Waals surface area contributed by atoms with Gasteiger partial charge in [0, 0.05) is 26.2 Å². The Hall–Kier alpha value is -1.51. The number of halogens is 1. The second-order valence-electron chi connectivity index (χ2n) is 5.87. The van der Waals surface area contributed by atoms with Crippen LogP contribution in [0.15, 0.2) is 24.3 Å². The maximum atomic E-state index is 13.5. The van der Waals surface area contributed by atoms with Crippen molar-refractivity contribution in [3.63, 3.8) is 0 Å². The van der Waals surface area contributed by atoms with E-state index in [0.29, 0.717) is 18.7 Å². The average Bonchev–Trinajstić information content (AvgIpc) is 3.01. The van der Waals surface area contributed by atoms with Gasteiger partial charge in [-0.1, -0.05) is 18.2 Å². The molecule has 0 aliphatic carbocycles. The monoisotopic (exact) mass is 358 g/mol.